The minimum Gasteiger partial charge on any atom is -0.360 e. The Labute approximate surface area is 124 Å². The number of aryl methyl sites for hydroxylation is 1. The molecule has 0 fully saturated rings. The first-order valence-electron chi connectivity index (χ1n) is 6.44. The molecule has 0 bridgehead atoms. The van der Waals surface area contributed by atoms with E-state index in [-0.39, 0.29) is 0 Å². The maximum Gasteiger partial charge on any atom is 0.325 e. The zero-order valence-electron chi connectivity index (χ0n) is 11.3. The fourth-order valence-corrected chi connectivity index (χ4v) is 3.38. The molecule has 0 unspecified atom stereocenters. The number of hydrogen-bond acceptors (Lipinski definition) is 6. The average molecular weight is 303 g/mol. The molecule has 1 aliphatic heterocycles. The van der Waals surface area contributed by atoms with E-state index in [1.807, 2.05) is 0 Å². The van der Waals surface area contributed by atoms with Crippen molar-refractivity contribution >= 4 is 28.2 Å². The lowest BCUT2D eigenvalue weighted by Gasteiger charge is -2.11. The smallest absolute Gasteiger partial charge is 0.325 e. The summed E-state index contributed by atoms with van der Waals surface area (Å²) >= 11 is 1.43. The van der Waals surface area contributed by atoms with Gasteiger partial charge in [-0.25, -0.2) is 4.79 Å². The van der Waals surface area contributed by atoms with Crippen molar-refractivity contribution in [2.24, 2.45) is 0 Å². The number of nitriles is 1. The summed E-state index contributed by atoms with van der Waals surface area (Å²) in [5.41, 5.74) is 1.59. The van der Waals surface area contributed by atoms with Crippen molar-refractivity contribution in [1.29, 1.82) is 5.26 Å². The molecule has 0 saturated carbocycles. The van der Waals surface area contributed by atoms with Crippen LogP contribution in [0, 0.1) is 18.3 Å². The number of aromatic nitrogens is 1. The number of thiophene rings is 1. The summed E-state index contributed by atoms with van der Waals surface area (Å²) in [6.45, 7) is 3.33. The number of carbonyl (C=O) groups is 1. The normalized spacial score (nSPS) is 13.3. The summed E-state index contributed by atoms with van der Waals surface area (Å²) in [6, 6.07) is 3.36. The lowest BCUT2D eigenvalue weighted by Crippen LogP contribution is -2.22. The van der Waals surface area contributed by atoms with Gasteiger partial charge in [-0.3, -0.25) is 10.6 Å². The monoisotopic (exact) mass is 303 g/mol. The van der Waals surface area contributed by atoms with Gasteiger partial charge in [0.2, 0.25) is 0 Å². The summed E-state index contributed by atoms with van der Waals surface area (Å²) < 4.78 is 4.88. The summed E-state index contributed by atoms with van der Waals surface area (Å²) in [7, 11) is 0. The van der Waals surface area contributed by atoms with Crippen LogP contribution >= 0.6 is 11.3 Å². The second-order valence-electron chi connectivity index (χ2n) is 4.65. The van der Waals surface area contributed by atoms with Crippen LogP contribution < -0.4 is 16.0 Å². The molecule has 0 aliphatic carbocycles. The fourth-order valence-electron chi connectivity index (χ4n) is 2.22. The Morgan fingerprint density at radius 2 is 2.43 bits per heavy atom. The van der Waals surface area contributed by atoms with E-state index in [1.54, 1.807) is 13.0 Å². The van der Waals surface area contributed by atoms with Crippen LogP contribution in [-0.4, -0.2) is 17.7 Å². The van der Waals surface area contributed by atoms with Crippen molar-refractivity contribution in [2.75, 3.05) is 17.2 Å². The van der Waals surface area contributed by atoms with E-state index < -0.39 is 6.03 Å². The van der Waals surface area contributed by atoms with Gasteiger partial charge in [0.1, 0.15) is 16.8 Å². The van der Waals surface area contributed by atoms with Gasteiger partial charge in [0, 0.05) is 17.5 Å². The minimum atomic E-state index is -0.439. The standard InChI is InChI=1S/C13H13N5O2S/c1-7-4-11(18-20-7)16-13(19)17-12-9(5-14)8-2-3-15-6-10(8)21-12/h4,15H,2-3,6H2,1H3,(H2,16,17,18,19). The Balaban J connectivity index is 1.77. The van der Waals surface area contributed by atoms with Crippen molar-refractivity contribution in [3.05, 3.63) is 27.8 Å². The first-order valence-corrected chi connectivity index (χ1v) is 7.25. The molecule has 2 aromatic heterocycles. The summed E-state index contributed by atoms with van der Waals surface area (Å²) in [6.07, 6.45) is 0.806. The number of fused-ring (bicyclic) bond motifs is 1. The molecule has 2 aromatic rings. The summed E-state index contributed by atoms with van der Waals surface area (Å²) in [5.74, 6) is 0.951. The van der Waals surface area contributed by atoms with Gasteiger partial charge in [-0.2, -0.15) is 5.26 Å². The number of hydrogen-bond donors (Lipinski definition) is 3. The van der Waals surface area contributed by atoms with Gasteiger partial charge < -0.3 is 9.84 Å². The molecule has 3 rings (SSSR count). The number of nitrogens with one attached hydrogen (secondary N) is 3. The molecule has 0 aromatic carbocycles. The van der Waals surface area contributed by atoms with E-state index in [0.717, 1.165) is 30.0 Å². The molecule has 0 spiro atoms. The van der Waals surface area contributed by atoms with Crippen LogP contribution in [0.5, 0.6) is 0 Å². The summed E-state index contributed by atoms with van der Waals surface area (Å²) in [5, 5.41) is 22.1. The quantitative estimate of drug-likeness (QED) is 0.789. The average Bonchev–Trinajstić information content (AvgIpc) is 3.01. The molecule has 8 heteroatoms. The Kier molecular flexibility index (Phi) is 3.60. The van der Waals surface area contributed by atoms with Gasteiger partial charge in [0.25, 0.3) is 0 Å². The van der Waals surface area contributed by atoms with Crippen molar-refractivity contribution in [3.63, 3.8) is 0 Å². The molecule has 3 heterocycles. The van der Waals surface area contributed by atoms with Crippen LogP contribution in [0.4, 0.5) is 15.6 Å². The fraction of sp³-hybridized carbons (Fsp3) is 0.308. The highest BCUT2D eigenvalue weighted by molar-refractivity contribution is 7.16. The van der Waals surface area contributed by atoms with Crippen LogP contribution in [0.1, 0.15) is 21.8 Å². The molecule has 108 valence electrons. The van der Waals surface area contributed by atoms with Gasteiger partial charge in [-0.1, -0.05) is 5.16 Å². The number of urea groups is 1. The molecular formula is C13H13N5O2S. The van der Waals surface area contributed by atoms with Crippen molar-refractivity contribution in [2.45, 2.75) is 19.9 Å². The molecular weight excluding hydrogens is 290 g/mol. The van der Waals surface area contributed by atoms with Crippen molar-refractivity contribution in [3.8, 4) is 6.07 Å². The topological polar surface area (TPSA) is 103 Å². The third-order valence-corrected chi connectivity index (χ3v) is 4.28. The van der Waals surface area contributed by atoms with Gasteiger partial charge in [-0.05, 0) is 25.5 Å². The van der Waals surface area contributed by atoms with E-state index in [1.165, 1.54) is 11.3 Å². The molecule has 0 atom stereocenters. The molecule has 0 saturated heterocycles. The minimum absolute atomic E-state index is 0.339. The van der Waals surface area contributed by atoms with Crippen LogP contribution in [0.2, 0.25) is 0 Å². The van der Waals surface area contributed by atoms with E-state index in [2.05, 4.69) is 27.2 Å². The zero-order valence-corrected chi connectivity index (χ0v) is 12.1. The molecule has 0 radical (unpaired) electrons. The lowest BCUT2D eigenvalue weighted by molar-refractivity contribution is 0.262. The van der Waals surface area contributed by atoms with Crippen LogP contribution in [0.3, 0.4) is 0 Å². The highest BCUT2D eigenvalue weighted by Crippen LogP contribution is 2.34. The van der Waals surface area contributed by atoms with E-state index >= 15 is 0 Å². The SMILES string of the molecule is Cc1cc(NC(=O)Nc2sc3c(c2C#N)CCNC3)no1. The van der Waals surface area contributed by atoms with Crippen molar-refractivity contribution < 1.29 is 9.32 Å². The third kappa shape index (κ3) is 2.74. The Morgan fingerprint density at radius 1 is 1.57 bits per heavy atom. The van der Waals surface area contributed by atoms with Gasteiger partial charge in [0.05, 0.1) is 5.56 Å². The number of rotatable bonds is 2. The van der Waals surface area contributed by atoms with Gasteiger partial charge >= 0.3 is 6.03 Å². The predicted octanol–water partition coefficient (Wildman–Crippen LogP) is 2.21. The predicted molar refractivity (Wildman–Crippen MR) is 78.3 cm³/mol. The number of carbonyl (C=O) groups excluding carboxylic acids is 1. The number of nitrogens with zero attached hydrogens (tertiary/aromatic N) is 2. The van der Waals surface area contributed by atoms with Crippen LogP contribution in [-0.2, 0) is 13.0 Å². The first-order chi connectivity index (χ1) is 10.2. The molecule has 2 amide bonds. The van der Waals surface area contributed by atoms with E-state index in [0.29, 0.717) is 22.1 Å². The molecule has 1 aliphatic rings. The van der Waals surface area contributed by atoms with Gasteiger partial charge in [-0.15, -0.1) is 11.3 Å². The lowest BCUT2D eigenvalue weighted by atomic mass is 10.1. The van der Waals surface area contributed by atoms with Crippen LogP contribution in [0.15, 0.2) is 10.6 Å². The Hall–Kier alpha value is -2.37. The second kappa shape index (κ2) is 5.55. The highest BCUT2D eigenvalue weighted by Gasteiger charge is 2.21. The van der Waals surface area contributed by atoms with Crippen LogP contribution in [0.25, 0.3) is 0 Å². The Morgan fingerprint density at radius 3 is 3.14 bits per heavy atom. The highest BCUT2D eigenvalue weighted by atomic mass is 32.1. The van der Waals surface area contributed by atoms with E-state index in [9.17, 15) is 10.1 Å². The maximum absolute atomic E-state index is 11.9. The van der Waals surface area contributed by atoms with Crippen molar-refractivity contribution in [1.82, 2.24) is 10.5 Å². The largest absolute Gasteiger partial charge is 0.360 e. The zero-order chi connectivity index (χ0) is 14.8. The number of anilines is 2. The van der Waals surface area contributed by atoms with Gasteiger partial charge in [0.15, 0.2) is 5.82 Å². The second-order valence-corrected chi connectivity index (χ2v) is 5.75. The first kappa shape index (κ1) is 13.6. The third-order valence-electron chi connectivity index (χ3n) is 3.14. The summed E-state index contributed by atoms with van der Waals surface area (Å²) in [4.78, 5) is 13.1. The number of amides is 2. The van der Waals surface area contributed by atoms with E-state index in [4.69, 9.17) is 4.52 Å². The molecule has 3 N–H and O–H groups in total. The Bertz CT molecular complexity index is 727. The molecule has 21 heavy (non-hydrogen) atoms. The maximum atomic E-state index is 11.9. The molecule has 7 nitrogen and oxygen atoms in total.